The van der Waals surface area contributed by atoms with Crippen molar-refractivity contribution in [2.75, 3.05) is 38.4 Å². The van der Waals surface area contributed by atoms with E-state index in [-0.39, 0.29) is 18.3 Å². The molecule has 1 fully saturated rings. The molecule has 7 nitrogen and oxygen atoms in total. The maximum absolute atomic E-state index is 15.6. The van der Waals surface area contributed by atoms with E-state index < -0.39 is 30.0 Å². The standard InChI is InChI=1S/C31H38F3N3O4/c1-20-23-10-9-11-25(29(23)32)31(33,34)19-39-13-7-5-3-4-6-8-14-40-27-17-26-24(30(35-20)37-21(2)36-26)16-28(27)41-22-12-15-38-18-22/h9-11,16-17,20,22H,3-8,12-15,18-19H2,1-2H3,(H,35,36,37)/t20-,22?/m1/s1. The molecule has 1 N–H and O–H groups in total. The topological polar surface area (TPSA) is 74.7 Å². The molecule has 3 aromatic rings. The van der Waals surface area contributed by atoms with Gasteiger partial charge in [-0.1, -0.05) is 37.8 Å². The Balaban J connectivity index is 1.52. The van der Waals surface area contributed by atoms with Gasteiger partial charge < -0.3 is 24.3 Å². The number of hydrogen-bond acceptors (Lipinski definition) is 7. The van der Waals surface area contributed by atoms with Gasteiger partial charge >= 0.3 is 0 Å². The molecule has 3 aliphatic rings. The quantitative estimate of drug-likeness (QED) is 0.346. The van der Waals surface area contributed by atoms with Crippen LogP contribution in [0.25, 0.3) is 10.9 Å². The molecule has 41 heavy (non-hydrogen) atoms. The zero-order chi connectivity index (χ0) is 28.8. The summed E-state index contributed by atoms with van der Waals surface area (Å²) < 4.78 is 68.9. The molecule has 0 radical (unpaired) electrons. The molecule has 0 spiro atoms. The van der Waals surface area contributed by atoms with E-state index in [1.54, 1.807) is 13.8 Å². The average Bonchev–Trinajstić information content (AvgIpc) is 3.44. The minimum atomic E-state index is -3.46. The van der Waals surface area contributed by atoms with Gasteiger partial charge in [-0.15, -0.1) is 0 Å². The largest absolute Gasteiger partial charge is 0.490 e. The lowest BCUT2D eigenvalue weighted by Crippen LogP contribution is -2.24. The summed E-state index contributed by atoms with van der Waals surface area (Å²) >= 11 is 0. The SMILES string of the molecule is Cc1nc2c3cc(OC4CCOC4)c(cc3n1)OCCCCCCCCOCC(F)(F)c1cccc(c1F)[C@@H](C)N2. The van der Waals surface area contributed by atoms with Crippen LogP contribution in [0.3, 0.4) is 0 Å². The Labute approximate surface area is 238 Å². The van der Waals surface area contributed by atoms with Gasteiger partial charge in [0.2, 0.25) is 0 Å². The third-order valence-electron chi connectivity index (χ3n) is 7.52. The number of hydrogen-bond donors (Lipinski definition) is 1. The normalized spacial score (nSPS) is 22.5. The van der Waals surface area contributed by atoms with Crippen LogP contribution in [0.2, 0.25) is 0 Å². The van der Waals surface area contributed by atoms with Crippen LogP contribution >= 0.6 is 0 Å². The van der Waals surface area contributed by atoms with Gasteiger partial charge in [-0.3, -0.25) is 0 Å². The molecule has 1 aromatic heterocycles. The number of rotatable bonds is 2. The molecule has 10 heteroatoms. The zero-order valence-corrected chi connectivity index (χ0v) is 23.7. The van der Waals surface area contributed by atoms with Gasteiger partial charge in [-0.2, -0.15) is 8.78 Å². The molecule has 0 saturated carbocycles. The first-order valence-electron chi connectivity index (χ1n) is 14.5. The number of nitrogens with one attached hydrogen (secondary N) is 1. The zero-order valence-electron chi connectivity index (χ0n) is 23.7. The molecular weight excluding hydrogens is 535 g/mol. The van der Waals surface area contributed by atoms with Crippen LogP contribution < -0.4 is 14.8 Å². The fourth-order valence-electron chi connectivity index (χ4n) is 5.28. The molecule has 222 valence electrons. The number of halogens is 3. The minimum absolute atomic E-state index is 0.0995. The number of alkyl halides is 2. The molecule has 2 aromatic carbocycles. The lowest BCUT2D eigenvalue weighted by atomic mass is 10.00. The Kier molecular flexibility index (Phi) is 9.49. The number of aromatic nitrogens is 2. The first-order chi connectivity index (χ1) is 19.8. The number of ether oxygens (including phenoxy) is 4. The average molecular weight is 574 g/mol. The van der Waals surface area contributed by atoms with Crippen LogP contribution in [0.4, 0.5) is 19.0 Å². The van der Waals surface area contributed by atoms with E-state index in [1.165, 1.54) is 12.1 Å². The molecule has 3 aliphatic heterocycles. The predicted molar refractivity (Wildman–Crippen MR) is 150 cm³/mol. The van der Waals surface area contributed by atoms with E-state index in [0.717, 1.165) is 44.6 Å². The van der Waals surface area contributed by atoms with E-state index in [2.05, 4.69) is 15.3 Å². The van der Waals surface area contributed by atoms with Gasteiger partial charge in [0, 0.05) is 30.0 Å². The highest BCUT2D eigenvalue weighted by Gasteiger charge is 2.36. The van der Waals surface area contributed by atoms with Crippen LogP contribution in [0, 0.1) is 12.7 Å². The number of nitrogens with zero attached hydrogens (tertiary/aromatic N) is 2. The molecular formula is C31H38F3N3O4. The highest BCUT2D eigenvalue weighted by atomic mass is 19.3. The fraction of sp³-hybridized carbons (Fsp3) is 0.548. The summed E-state index contributed by atoms with van der Waals surface area (Å²) in [6.07, 6.45) is 6.09. The van der Waals surface area contributed by atoms with Crippen molar-refractivity contribution in [2.24, 2.45) is 0 Å². The van der Waals surface area contributed by atoms with Crippen molar-refractivity contribution in [3.63, 3.8) is 0 Å². The smallest absolute Gasteiger partial charge is 0.298 e. The molecule has 1 saturated heterocycles. The Morgan fingerprint density at radius 1 is 0.976 bits per heavy atom. The molecule has 2 atom stereocenters. The lowest BCUT2D eigenvalue weighted by molar-refractivity contribution is -0.0853. The fourth-order valence-corrected chi connectivity index (χ4v) is 5.28. The van der Waals surface area contributed by atoms with Gasteiger partial charge in [-0.25, -0.2) is 14.4 Å². The Bertz CT molecular complexity index is 1330. The maximum atomic E-state index is 15.6. The van der Waals surface area contributed by atoms with Crippen LogP contribution in [0.1, 0.15) is 74.9 Å². The Hall–Kier alpha value is -3.11. The Morgan fingerprint density at radius 3 is 2.54 bits per heavy atom. The van der Waals surface area contributed by atoms with Crippen molar-refractivity contribution in [3.05, 3.63) is 53.1 Å². The number of anilines is 1. The van der Waals surface area contributed by atoms with E-state index in [1.807, 2.05) is 12.1 Å². The molecule has 1 unspecified atom stereocenters. The second-order valence-corrected chi connectivity index (χ2v) is 10.8. The molecule has 6 bridgehead atoms. The van der Waals surface area contributed by atoms with Gasteiger partial charge in [0.15, 0.2) is 11.5 Å². The van der Waals surface area contributed by atoms with Crippen LogP contribution in [-0.4, -0.2) is 49.1 Å². The maximum Gasteiger partial charge on any atom is 0.298 e. The lowest BCUT2D eigenvalue weighted by Gasteiger charge is -2.22. The summed E-state index contributed by atoms with van der Waals surface area (Å²) in [6.45, 7) is 4.49. The number of benzene rings is 2. The van der Waals surface area contributed by atoms with Crippen molar-refractivity contribution in [1.82, 2.24) is 9.97 Å². The molecule has 0 amide bonds. The third kappa shape index (κ3) is 7.22. The van der Waals surface area contributed by atoms with Crippen LogP contribution in [-0.2, 0) is 15.4 Å². The summed E-state index contributed by atoms with van der Waals surface area (Å²) in [5, 5.41) is 3.89. The molecule has 4 heterocycles. The molecule has 0 aliphatic carbocycles. The monoisotopic (exact) mass is 573 g/mol. The van der Waals surface area contributed by atoms with Crippen molar-refractivity contribution in [3.8, 4) is 11.5 Å². The number of aryl methyl sites for hydroxylation is 1. The van der Waals surface area contributed by atoms with Crippen molar-refractivity contribution in [1.29, 1.82) is 0 Å². The van der Waals surface area contributed by atoms with Crippen LogP contribution in [0.5, 0.6) is 11.5 Å². The van der Waals surface area contributed by atoms with Gasteiger partial charge in [0.1, 0.15) is 30.2 Å². The minimum Gasteiger partial charge on any atom is -0.490 e. The van der Waals surface area contributed by atoms with Crippen molar-refractivity contribution in [2.45, 2.75) is 76.9 Å². The summed E-state index contributed by atoms with van der Waals surface area (Å²) in [5.74, 6) is -2.31. The third-order valence-corrected chi connectivity index (χ3v) is 7.52. The van der Waals surface area contributed by atoms with E-state index in [9.17, 15) is 0 Å². The molecule has 6 rings (SSSR count). The highest BCUT2D eigenvalue weighted by Crippen LogP contribution is 2.38. The van der Waals surface area contributed by atoms with Gasteiger partial charge in [0.25, 0.3) is 5.92 Å². The first-order valence-corrected chi connectivity index (χ1v) is 14.5. The summed E-state index contributed by atoms with van der Waals surface area (Å²) in [7, 11) is 0. The van der Waals surface area contributed by atoms with Crippen LogP contribution in [0.15, 0.2) is 30.3 Å². The number of fused-ring (bicyclic) bond motifs is 13. The van der Waals surface area contributed by atoms with Gasteiger partial charge in [-0.05, 0) is 38.8 Å². The van der Waals surface area contributed by atoms with E-state index >= 15 is 13.2 Å². The summed E-state index contributed by atoms with van der Waals surface area (Å²) in [4.78, 5) is 9.19. The predicted octanol–water partition coefficient (Wildman–Crippen LogP) is 7.26. The summed E-state index contributed by atoms with van der Waals surface area (Å²) in [5.41, 5.74) is 0.0660. The highest BCUT2D eigenvalue weighted by molar-refractivity contribution is 5.92. The van der Waals surface area contributed by atoms with E-state index in [4.69, 9.17) is 18.9 Å². The van der Waals surface area contributed by atoms with Gasteiger partial charge in [0.05, 0.1) is 36.9 Å². The van der Waals surface area contributed by atoms with Crippen molar-refractivity contribution >= 4 is 16.7 Å². The second kappa shape index (κ2) is 13.2. The van der Waals surface area contributed by atoms with Crippen molar-refractivity contribution < 1.29 is 32.1 Å². The van der Waals surface area contributed by atoms with E-state index in [0.29, 0.717) is 60.3 Å². The first kappa shape index (κ1) is 29.4. The summed E-state index contributed by atoms with van der Waals surface area (Å²) in [6, 6.07) is 7.07. The second-order valence-electron chi connectivity index (χ2n) is 10.8. The Morgan fingerprint density at radius 2 is 1.76 bits per heavy atom.